The molecule has 1 aromatic heterocycles. The van der Waals surface area contributed by atoms with Gasteiger partial charge >= 0.3 is 5.97 Å². The molecule has 0 spiro atoms. The summed E-state index contributed by atoms with van der Waals surface area (Å²) in [5.41, 5.74) is 0.397. The van der Waals surface area contributed by atoms with E-state index in [1.807, 2.05) is 0 Å². The topological polar surface area (TPSA) is 44.1 Å². The second-order valence-corrected chi connectivity index (χ2v) is 4.30. The largest absolute Gasteiger partial charge is 0.461 e. The lowest BCUT2D eigenvalue weighted by Crippen LogP contribution is -2.07. The molecule has 2 aromatic rings. The van der Waals surface area contributed by atoms with Crippen LogP contribution in [0.1, 0.15) is 17.4 Å². The molecule has 0 bridgehead atoms. The molecule has 0 atom stereocenters. The van der Waals surface area contributed by atoms with Gasteiger partial charge in [0.25, 0.3) is 0 Å². The Hall–Kier alpha value is -1.69. The molecule has 0 saturated heterocycles. The van der Waals surface area contributed by atoms with Crippen molar-refractivity contribution in [2.24, 2.45) is 0 Å². The molecular weight excluding hydrogens is 303 g/mol. The lowest BCUT2D eigenvalue weighted by Gasteiger charge is -2.01. The van der Waals surface area contributed by atoms with E-state index in [9.17, 15) is 9.18 Å². The highest BCUT2D eigenvalue weighted by Crippen LogP contribution is 2.20. The molecule has 0 aliphatic carbocycles. The molecule has 2 rings (SSSR count). The van der Waals surface area contributed by atoms with Crippen LogP contribution in [0.4, 0.5) is 4.39 Å². The zero-order valence-electron chi connectivity index (χ0n) is 9.56. The molecule has 0 radical (unpaired) electrons. The second-order valence-electron chi connectivity index (χ2n) is 3.44. The van der Waals surface area contributed by atoms with Crippen LogP contribution in [0.2, 0.25) is 0 Å². The summed E-state index contributed by atoms with van der Waals surface area (Å²) >= 11 is 3.20. The van der Waals surface area contributed by atoms with Gasteiger partial charge in [0.15, 0.2) is 5.69 Å². The van der Waals surface area contributed by atoms with Crippen molar-refractivity contribution in [1.29, 1.82) is 0 Å². The monoisotopic (exact) mass is 312 g/mol. The predicted molar refractivity (Wildman–Crippen MR) is 67.2 cm³/mol. The van der Waals surface area contributed by atoms with Gasteiger partial charge in [0.2, 0.25) is 0 Å². The molecule has 0 N–H and O–H groups in total. The minimum atomic E-state index is -0.542. The number of nitrogens with zero attached hydrogens (tertiary/aromatic N) is 2. The number of aromatic nitrogens is 2. The fourth-order valence-electron chi connectivity index (χ4n) is 1.45. The van der Waals surface area contributed by atoms with E-state index in [0.717, 1.165) is 0 Å². The van der Waals surface area contributed by atoms with E-state index in [4.69, 9.17) is 4.74 Å². The minimum absolute atomic E-state index is 0.125. The first-order valence-corrected chi connectivity index (χ1v) is 6.10. The first-order valence-electron chi connectivity index (χ1n) is 5.30. The van der Waals surface area contributed by atoms with Crippen molar-refractivity contribution >= 4 is 21.9 Å². The van der Waals surface area contributed by atoms with Gasteiger partial charge in [-0.3, -0.25) is 0 Å². The van der Waals surface area contributed by atoms with Crippen LogP contribution in [-0.4, -0.2) is 22.4 Å². The minimum Gasteiger partial charge on any atom is -0.461 e. The number of hydrogen-bond acceptors (Lipinski definition) is 3. The number of ether oxygens (including phenoxy) is 1. The average Bonchev–Trinajstić information content (AvgIpc) is 2.72. The van der Waals surface area contributed by atoms with Gasteiger partial charge < -0.3 is 4.74 Å². The fraction of sp³-hybridized carbons (Fsp3) is 0.167. The van der Waals surface area contributed by atoms with Crippen molar-refractivity contribution in [3.05, 3.63) is 46.4 Å². The van der Waals surface area contributed by atoms with Crippen LogP contribution in [0.3, 0.4) is 0 Å². The summed E-state index contributed by atoms with van der Waals surface area (Å²) in [5.74, 6) is -0.956. The number of halogens is 2. The number of carbonyl (C=O) groups is 1. The summed E-state index contributed by atoms with van der Waals surface area (Å²) in [6, 6.07) is 6.18. The van der Waals surface area contributed by atoms with Crippen LogP contribution in [-0.2, 0) is 4.74 Å². The summed E-state index contributed by atoms with van der Waals surface area (Å²) in [7, 11) is 0. The van der Waals surface area contributed by atoms with E-state index in [1.54, 1.807) is 25.1 Å². The highest BCUT2D eigenvalue weighted by molar-refractivity contribution is 9.10. The van der Waals surface area contributed by atoms with Gasteiger partial charge in [-0.15, -0.1) is 0 Å². The highest BCUT2D eigenvalue weighted by atomic mass is 79.9. The van der Waals surface area contributed by atoms with Gasteiger partial charge in [0.1, 0.15) is 11.5 Å². The molecule has 18 heavy (non-hydrogen) atoms. The van der Waals surface area contributed by atoms with Gasteiger partial charge in [-0.2, -0.15) is 5.10 Å². The number of esters is 1. The van der Waals surface area contributed by atoms with Crippen molar-refractivity contribution in [3.63, 3.8) is 0 Å². The molecule has 0 amide bonds. The summed E-state index contributed by atoms with van der Waals surface area (Å²) in [6.45, 7) is 1.97. The van der Waals surface area contributed by atoms with Crippen molar-refractivity contribution in [1.82, 2.24) is 9.78 Å². The zero-order chi connectivity index (χ0) is 13.1. The van der Waals surface area contributed by atoms with Crippen LogP contribution in [0.5, 0.6) is 0 Å². The Morgan fingerprint density at radius 2 is 2.22 bits per heavy atom. The molecule has 6 heteroatoms. The Bertz CT molecular complexity index is 583. The first kappa shape index (κ1) is 12.8. The van der Waals surface area contributed by atoms with Crippen LogP contribution >= 0.6 is 15.9 Å². The van der Waals surface area contributed by atoms with Crippen LogP contribution in [0, 0.1) is 5.82 Å². The molecule has 4 nitrogen and oxygen atoms in total. The molecular formula is C12H10BrFN2O2. The molecule has 0 fully saturated rings. The summed E-state index contributed by atoms with van der Waals surface area (Å²) in [5, 5.41) is 4.01. The smallest absolute Gasteiger partial charge is 0.360 e. The van der Waals surface area contributed by atoms with E-state index >= 15 is 0 Å². The van der Waals surface area contributed by atoms with Gasteiger partial charge in [-0.1, -0.05) is 12.1 Å². The Morgan fingerprint density at radius 1 is 1.50 bits per heavy atom. The normalized spacial score (nSPS) is 10.4. The summed E-state index contributed by atoms with van der Waals surface area (Å²) in [4.78, 5) is 11.6. The summed E-state index contributed by atoms with van der Waals surface area (Å²) < 4.78 is 20.2. The van der Waals surface area contributed by atoms with Crippen molar-refractivity contribution in [2.75, 3.05) is 6.61 Å². The maximum absolute atomic E-state index is 13.6. The van der Waals surface area contributed by atoms with E-state index in [-0.39, 0.29) is 18.0 Å². The Morgan fingerprint density at radius 3 is 2.89 bits per heavy atom. The maximum Gasteiger partial charge on any atom is 0.360 e. The standard InChI is InChI=1S/C12H10BrFN2O2/c1-2-18-12(17)11-8(13)7-16(15-11)10-6-4-3-5-9(10)14/h3-7H,2H2,1H3. The molecule has 0 aliphatic rings. The average molecular weight is 313 g/mol. The van der Waals surface area contributed by atoms with Gasteiger partial charge in [-0.25, -0.2) is 13.9 Å². The molecule has 94 valence electrons. The lowest BCUT2D eigenvalue weighted by atomic mass is 10.3. The Labute approximate surface area is 111 Å². The fourth-order valence-corrected chi connectivity index (χ4v) is 1.89. The van der Waals surface area contributed by atoms with Gasteiger partial charge in [0, 0.05) is 6.20 Å². The molecule has 1 aromatic carbocycles. The Balaban J connectivity index is 2.41. The molecule has 0 aliphatic heterocycles. The number of hydrogen-bond donors (Lipinski definition) is 0. The van der Waals surface area contributed by atoms with E-state index < -0.39 is 11.8 Å². The van der Waals surface area contributed by atoms with E-state index in [1.165, 1.54) is 16.9 Å². The van der Waals surface area contributed by atoms with E-state index in [2.05, 4.69) is 21.0 Å². The third-order valence-corrected chi connectivity index (χ3v) is 2.82. The summed E-state index contributed by atoms with van der Waals surface area (Å²) in [6.07, 6.45) is 1.52. The Kier molecular flexibility index (Phi) is 3.76. The molecule has 0 unspecified atom stereocenters. The first-order chi connectivity index (χ1) is 8.63. The predicted octanol–water partition coefficient (Wildman–Crippen LogP) is 2.95. The van der Waals surface area contributed by atoms with Crippen molar-refractivity contribution < 1.29 is 13.9 Å². The van der Waals surface area contributed by atoms with Crippen LogP contribution in [0.25, 0.3) is 5.69 Å². The highest BCUT2D eigenvalue weighted by Gasteiger charge is 2.17. The quantitative estimate of drug-likeness (QED) is 0.818. The van der Waals surface area contributed by atoms with Crippen molar-refractivity contribution in [3.8, 4) is 5.69 Å². The number of carbonyl (C=O) groups excluding carboxylic acids is 1. The number of rotatable bonds is 3. The number of para-hydroxylation sites is 1. The third-order valence-electron chi connectivity index (χ3n) is 2.24. The van der Waals surface area contributed by atoms with Crippen LogP contribution < -0.4 is 0 Å². The second kappa shape index (κ2) is 5.30. The lowest BCUT2D eigenvalue weighted by molar-refractivity contribution is 0.0518. The molecule has 0 saturated carbocycles. The van der Waals surface area contributed by atoms with Gasteiger partial charge in [0.05, 0.1) is 11.1 Å². The SMILES string of the molecule is CCOC(=O)c1nn(-c2ccccc2F)cc1Br. The van der Waals surface area contributed by atoms with Crippen LogP contribution in [0.15, 0.2) is 34.9 Å². The maximum atomic E-state index is 13.6. The van der Waals surface area contributed by atoms with Gasteiger partial charge in [-0.05, 0) is 35.0 Å². The molecule has 1 heterocycles. The van der Waals surface area contributed by atoms with Crippen molar-refractivity contribution in [2.45, 2.75) is 6.92 Å². The van der Waals surface area contributed by atoms with E-state index in [0.29, 0.717) is 4.47 Å². The third kappa shape index (κ3) is 2.43. The number of benzene rings is 1. The zero-order valence-corrected chi connectivity index (χ0v) is 11.1.